The van der Waals surface area contributed by atoms with Crippen LogP contribution in [0, 0.1) is 10.5 Å². The Morgan fingerprint density at radius 2 is 1.95 bits per heavy atom. The highest BCUT2D eigenvalue weighted by Crippen LogP contribution is 2.10. The van der Waals surface area contributed by atoms with Crippen molar-refractivity contribution in [3.8, 4) is 0 Å². The second-order valence-corrected chi connectivity index (χ2v) is 5.67. The number of hydrogen-bond donors (Lipinski definition) is 1. The highest BCUT2D eigenvalue weighted by atomic mass is 127. The Kier molecular flexibility index (Phi) is 5.74. The van der Waals surface area contributed by atoms with Gasteiger partial charge in [0.15, 0.2) is 6.61 Å². The van der Waals surface area contributed by atoms with E-state index in [2.05, 4.69) is 33.1 Å². The zero-order valence-electron chi connectivity index (χ0n) is 11.5. The van der Waals surface area contributed by atoms with Gasteiger partial charge in [-0.2, -0.15) is 0 Å². The Morgan fingerprint density at radius 1 is 1.24 bits per heavy atom. The van der Waals surface area contributed by atoms with Crippen LogP contribution < -0.4 is 5.32 Å². The average Bonchev–Trinajstić information content (AvgIpc) is 2.48. The maximum absolute atomic E-state index is 11.7. The van der Waals surface area contributed by atoms with Crippen molar-refractivity contribution in [1.29, 1.82) is 0 Å². The number of aryl methyl sites for hydroxylation is 1. The number of carbonyl (C=O) groups is 1. The summed E-state index contributed by atoms with van der Waals surface area (Å²) in [6.07, 6.45) is 1.60. The summed E-state index contributed by atoms with van der Waals surface area (Å²) in [6.45, 7) is 1.87. The third-order valence-electron chi connectivity index (χ3n) is 2.78. The van der Waals surface area contributed by atoms with E-state index in [0.29, 0.717) is 0 Å². The molecule has 2 aromatic carbocycles. The van der Waals surface area contributed by atoms with E-state index in [-0.39, 0.29) is 12.5 Å². The molecule has 0 aliphatic rings. The Balaban J connectivity index is 1.79. The van der Waals surface area contributed by atoms with Crippen LogP contribution in [-0.4, -0.2) is 18.7 Å². The Bertz CT molecular complexity index is 639. The zero-order valence-corrected chi connectivity index (χ0v) is 13.7. The average molecular weight is 394 g/mol. The van der Waals surface area contributed by atoms with Crippen LogP contribution in [0.4, 0.5) is 5.69 Å². The van der Waals surface area contributed by atoms with Gasteiger partial charge in [-0.05, 0) is 64.9 Å². The van der Waals surface area contributed by atoms with Crippen molar-refractivity contribution < 1.29 is 9.63 Å². The molecule has 5 heteroatoms. The molecule has 0 atom stereocenters. The van der Waals surface area contributed by atoms with Crippen LogP contribution in [0.1, 0.15) is 11.1 Å². The lowest BCUT2D eigenvalue weighted by molar-refractivity contribution is -0.120. The molecule has 0 saturated carbocycles. The lowest BCUT2D eigenvalue weighted by atomic mass is 10.1. The molecular weight excluding hydrogens is 379 g/mol. The van der Waals surface area contributed by atoms with Crippen molar-refractivity contribution in [3.05, 3.63) is 63.2 Å². The monoisotopic (exact) mass is 394 g/mol. The number of anilines is 1. The van der Waals surface area contributed by atoms with E-state index in [9.17, 15) is 4.79 Å². The normalized spacial score (nSPS) is 10.6. The fourth-order valence-electron chi connectivity index (χ4n) is 1.65. The van der Waals surface area contributed by atoms with E-state index < -0.39 is 0 Å². The van der Waals surface area contributed by atoms with Crippen LogP contribution in [-0.2, 0) is 9.63 Å². The van der Waals surface area contributed by atoms with Crippen molar-refractivity contribution in [2.45, 2.75) is 6.92 Å². The highest BCUT2D eigenvalue weighted by Gasteiger charge is 2.02. The summed E-state index contributed by atoms with van der Waals surface area (Å²) in [5.74, 6) is -0.238. The first-order valence-electron chi connectivity index (χ1n) is 6.41. The minimum atomic E-state index is -0.238. The molecule has 0 radical (unpaired) electrons. The number of nitrogens with zero attached hydrogens (tertiary/aromatic N) is 1. The fraction of sp³-hybridized carbons (Fsp3) is 0.125. The zero-order chi connectivity index (χ0) is 15.1. The summed E-state index contributed by atoms with van der Waals surface area (Å²) in [7, 11) is 0. The van der Waals surface area contributed by atoms with Crippen LogP contribution in [0.2, 0.25) is 0 Å². The number of amides is 1. The summed E-state index contributed by atoms with van der Waals surface area (Å²) >= 11 is 2.21. The first-order valence-corrected chi connectivity index (χ1v) is 7.49. The lowest BCUT2D eigenvalue weighted by Crippen LogP contribution is -2.16. The molecule has 108 valence electrons. The van der Waals surface area contributed by atoms with E-state index in [1.165, 1.54) is 0 Å². The number of halogens is 1. The van der Waals surface area contributed by atoms with Crippen molar-refractivity contribution in [2.75, 3.05) is 11.9 Å². The number of nitrogens with one attached hydrogen (secondary N) is 1. The number of rotatable bonds is 5. The second-order valence-electron chi connectivity index (χ2n) is 4.42. The number of carbonyl (C=O) groups excluding carboxylic acids is 1. The molecule has 0 bridgehead atoms. The lowest BCUT2D eigenvalue weighted by Gasteiger charge is -2.04. The van der Waals surface area contributed by atoms with Crippen LogP contribution >= 0.6 is 22.6 Å². The van der Waals surface area contributed by atoms with Crippen molar-refractivity contribution in [2.24, 2.45) is 5.16 Å². The van der Waals surface area contributed by atoms with Gasteiger partial charge in [0.25, 0.3) is 5.91 Å². The van der Waals surface area contributed by atoms with E-state index in [4.69, 9.17) is 4.84 Å². The predicted octanol–water partition coefficient (Wildman–Crippen LogP) is 3.59. The molecule has 0 heterocycles. The molecule has 0 fully saturated rings. The van der Waals surface area contributed by atoms with Gasteiger partial charge in [-0.15, -0.1) is 0 Å². The third kappa shape index (κ3) is 5.18. The molecular formula is C16H15IN2O2. The Hall–Kier alpha value is -1.89. The van der Waals surface area contributed by atoms with Gasteiger partial charge in [-0.1, -0.05) is 29.4 Å². The van der Waals surface area contributed by atoms with Crippen LogP contribution in [0.15, 0.2) is 53.7 Å². The van der Waals surface area contributed by atoms with Gasteiger partial charge in [-0.3, -0.25) is 4.79 Å². The smallest absolute Gasteiger partial charge is 0.265 e. The van der Waals surface area contributed by atoms with E-state index in [1.807, 2.05) is 55.5 Å². The van der Waals surface area contributed by atoms with E-state index in [1.54, 1.807) is 6.21 Å². The molecule has 0 spiro atoms. The standard InChI is InChI=1S/C16H15IN2O2/c1-12-4-2-3-5-13(12)10-18-21-11-16(20)19-15-8-6-14(17)7-9-15/h2-10H,11H2,1H3,(H,19,20)/b18-10+. The number of oxime groups is 1. The van der Waals surface area contributed by atoms with Crippen LogP contribution in [0.3, 0.4) is 0 Å². The summed E-state index contributed by atoms with van der Waals surface area (Å²) in [5, 5.41) is 6.55. The summed E-state index contributed by atoms with van der Waals surface area (Å²) < 4.78 is 1.12. The van der Waals surface area contributed by atoms with Gasteiger partial charge >= 0.3 is 0 Å². The van der Waals surface area contributed by atoms with Gasteiger partial charge in [0.05, 0.1) is 6.21 Å². The molecule has 0 unspecified atom stereocenters. The van der Waals surface area contributed by atoms with Crippen molar-refractivity contribution in [3.63, 3.8) is 0 Å². The van der Waals surface area contributed by atoms with Crippen molar-refractivity contribution in [1.82, 2.24) is 0 Å². The van der Waals surface area contributed by atoms with Crippen molar-refractivity contribution >= 4 is 40.4 Å². The Labute approximate surface area is 137 Å². The van der Waals surface area contributed by atoms with Gasteiger partial charge < -0.3 is 10.2 Å². The van der Waals surface area contributed by atoms with E-state index >= 15 is 0 Å². The maximum atomic E-state index is 11.7. The minimum absolute atomic E-state index is 0.117. The predicted molar refractivity (Wildman–Crippen MR) is 92.5 cm³/mol. The van der Waals surface area contributed by atoms with Gasteiger partial charge in [0, 0.05) is 9.26 Å². The van der Waals surface area contributed by atoms with Gasteiger partial charge in [0.1, 0.15) is 0 Å². The molecule has 1 N–H and O–H groups in total. The quantitative estimate of drug-likeness (QED) is 0.479. The Morgan fingerprint density at radius 3 is 2.67 bits per heavy atom. The minimum Gasteiger partial charge on any atom is -0.386 e. The molecule has 2 aromatic rings. The molecule has 0 aliphatic carbocycles. The third-order valence-corrected chi connectivity index (χ3v) is 3.50. The molecule has 0 aromatic heterocycles. The van der Waals surface area contributed by atoms with Crippen LogP contribution in [0.5, 0.6) is 0 Å². The highest BCUT2D eigenvalue weighted by molar-refractivity contribution is 14.1. The molecule has 1 amide bonds. The SMILES string of the molecule is Cc1ccccc1/C=N/OCC(=O)Nc1ccc(I)cc1. The summed E-state index contributed by atoms with van der Waals surface area (Å²) in [4.78, 5) is 16.7. The molecule has 4 nitrogen and oxygen atoms in total. The fourth-order valence-corrected chi connectivity index (χ4v) is 2.01. The largest absolute Gasteiger partial charge is 0.386 e. The maximum Gasteiger partial charge on any atom is 0.265 e. The number of benzene rings is 2. The van der Waals surface area contributed by atoms with Gasteiger partial charge in [-0.25, -0.2) is 0 Å². The molecule has 0 aliphatic heterocycles. The van der Waals surface area contributed by atoms with Gasteiger partial charge in [0.2, 0.25) is 0 Å². The first kappa shape index (κ1) is 15.5. The number of hydrogen-bond acceptors (Lipinski definition) is 3. The molecule has 21 heavy (non-hydrogen) atoms. The summed E-state index contributed by atoms with van der Waals surface area (Å²) in [6, 6.07) is 15.4. The molecule has 2 rings (SSSR count). The first-order chi connectivity index (χ1) is 10.1. The topological polar surface area (TPSA) is 50.7 Å². The van der Waals surface area contributed by atoms with E-state index in [0.717, 1.165) is 20.4 Å². The molecule has 0 saturated heterocycles. The van der Waals surface area contributed by atoms with Crippen LogP contribution in [0.25, 0.3) is 0 Å². The summed E-state index contributed by atoms with van der Waals surface area (Å²) in [5.41, 5.74) is 2.82. The second kappa shape index (κ2) is 7.78.